The number of likely N-dealkylation sites (N-methyl/N-ethyl adjacent to an activating group) is 1. The van der Waals surface area contributed by atoms with E-state index in [0.717, 1.165) is 19.5 Å². The number of rotatable bonds is 7. The highest BCUT2D eigenvalue weighted by Gasteiger charge is 2.19. The molecule has 1 aliphatic rings. The largest absolute Gasteiger partial charge is 0.315 e. The monoisotopic (exact) mass is 248 g/mol. The second-order valence-corrected chi connectivity index (χ2v) is 7.04. The van der Waals surface area contributed by atoms with Gasteiger partial charge in [-0.3, -0.25) is 0 Å². The molecule has 5 heteroatoms. The van der Waals surface area contributed by atoms with Gasteiger partial charge in [-0.1, -0.05) is 6.92 Å². The molecule has 1 saturated heterocycles. The third-order valence-electron chi connectivity index (χ3n) is 3.30. The van der Waals surface area contributed by atoms with Gasteiger partial charge >= 0.3 is 0 Å². The second kappa shape index (κ2) is 6.57. The first-order chi connectivity index (χ1) is 7.55. The van der Waals surface area contributed by atoms with E-state index in [9.17, 15) is 8.42 Å². The molecule has 16 heavy (non-hydrogen) atoms. The molecule has 1 fully saturated rings. The summed E-state index contributed by atoms with van der Waals surface area (Å²) in [6.45, 7) is 4.69. The minimum absolute atomic E-state index is 0.262. The Bertz CT molecular complexity index is 290. The topological polar surface area (TPSA) is 49.4 Å². The van der Waals surface area contributed by atoms with Crippen LogP contribution in [0.5, 0.6) is 0 Å². The smallest absolute Gasteiger partial charge is 0.150 e. The van der Waals surface area contributed by atoms with E-state index in [1.54, 1.807) is 6.92 Å². The fraction of sp³-hybridized carbons (Fsp3) is 1.00. The van der Waals surface area contributed by atoms with E-state index in [0.29, 0.717) is 11.8 Å². The van der Waals surface area contributed by atoms with Crippen molar-refractivity contribution in [3.05, 3.63) is 0 Å². The van der Waals surface area contributed by atoms with Crippen molar-refractivity contribution in [2.75, 3.05) is 38.2 Å². The molecule has 0 aromatic heterocycles. The van der Waals surface area contributed by atoms with Gasteiger partial charge in [0.25, 0.3) is 0 Å². The lowest BCUT2D eigenvalue weighted by atomic mass is 10.2. The minimum Gasteiger partial charge on any atom is -0.315 e. The Morgan fingerprint density at radius 3 is 2.75 bits per heavy atom. The lowest BCUT2D eigenvalue weighted by Crippen LogP contribution is -2.36. The average Bonchev–Trinajstić information content (AvgIpc) is 2.64. The Balaban J connectivity index is 2.04. The van der Waals surface area contributed by atoms with Gasteiger partial charge in [0.1, 0.15) is 9.84 Å². The first kappa shape index (κ1) is 13.9. The van der Waals surface area contributed by atoms with Gasteiger partial charge in [-0.15, -0.1) is 0 Å². The standard InChI is InChI=1S/C11H24N2O2S/c1-3-16(14,15)9-5-7-12-10-11-6-4-8-13(11)2/h11-12H,3-10H2,1-2H3. The summed E-state index contributed by atoms with van der Waals surface area (Å²) >= 11 is 0. The van der Waals surface area contributed by atoms with Crippen molar-refractivity contribution < 1.29 is 8.42 Å². The van der Waals surface area contributed by atoms with Crippen molar-refractivity contribution in [3.63, 3.8) is 0 Å². The Labute approximate surface area is 99.3 Å². The number of hydrogen-bond donors (Lipinski definition) is 1. The van der Waals surface area contributed by atoms with Crippen molar-refractivity contribution in [2.45, 2.75) is 32.2 Å². The molecule has 0 radical (unpaired) electrons. The molecule has 1 atom stereocenters. The van der Waals surface area contributed by atoms with Crippen LogP contribution in [0.2, 0.25) is 0 Å². The zero-order chi connectivity index (χ0) is 12.0. The molecule has 0 aromatic carbocycles. The quantitative estimate of drug-likeness (QED) is 0.666. The molecule has 1 aliphatic heterocycles. The van der Waals surface area contributed by atoms with E-state index >= 15 is 0 Å². The van der Waals surface area contributed by atoms with Crippen LogP contribution in [0.4, 0.5) is 0 Å². The van der Waals surface area contributed by atoms with Gasteiger partial charge in [0.15, 0.2) is 0 Å². The molecule has 0 aliphatic carbocycles. The first-order valence-corrected chi connectivity index (χ1v) is 7.98. The van der Waals surface area contributed by atoms with Crippen LogP contribution in [-0.4, -0.2) is 57.5 Å². The van der Waals surface area contributed by atoms with Crippen molar-refractivity contribution in [1.82, 2.24) is 10.2 Å². The van der Waals surface area contributed by atoms with E-state index in [4.69, 9.17) is 0 Å². The van der Waals surface area contributed by atoms with Crippen LogP contribution in [0.25, 0.3) is 0 Å². The van der Waals surface area contributed by atoms with E-state index < -0.39 is 9.84 Å². The summed E-state index contributed by atoms with van der Waals surface area (Å²) in [6.07, 6.45) is 3.27. The Hall–Kier alpha value is -0.130. The molecule has 0 saturated carbocycles. The molecule has 1 rings (SSSR count). The maximum atomic E-state index is 11.2. The number of likely N-dealkylation sites (tertiary alicyclic amines) is 1. The summed E-state index contributed by atoms with van der Waals surface area (Å²) in [5, 5.41) is 3.35. The molecular weight excluding hydrogens is 224 g/mol. The third kappa shape index (κ3) is 4.80. The predicted octanol–water partition coefficient (Wildman–Crippen LogP) is 0.495. The molecule has 0 bridgehead atoms. The summed E-state index contributed by atoms with van der Waals surface area (Å²) in [4.78, 5) is 2.37. The Morgan fingerprint density at radius 1 is 1.44 bits per heavy atom. The van der Waals surface area contributed by atoms with E-state index in [-0.39, 0.29) is 5.75 Å². The van der Waals surface area contributed by atoms with Crippen molar-refractivity contribution in [3.8, 4) is 0 Å². The fourth-order valence-electron chi connectivity index (χ4n) is 2.07. The van der Waals surface area contributed by atoms with Crippen LogP contribution in [-0.2, 0) is 9.84 Å². The minimum atomic E-state index is -2.78. The van der Waals surface area contributed by atoms with Gasteiger partial charge in [-0.2, -0.15) is 0 Å². The normalized spacial score (nSPS) is 22.8. The highest BCUT2D eigenvalue weighted by atomic mass is 32.2. The molecule has 1 heterocycles. The molecule has 1 N–H and O–H groups in total. The molecule has 96 valence electrons. The van der Waals surface area contributed by atoms with Crippen LogP contribution in [0.15, 0.2) is 0 Å². The number of nitrogens with one attached hydrogen (secondary N) is 1. The van der Waals surface area contributed by atoms with Crippen molar-refractivity contribution in [2.24, 2.45) is 0 Å². The first-order valence-electron chi connectivity index (χ1n) is 6.16. The molecule has 1 unspecified atom stereocenters. The molecule has 0 spiro atoms. The van der Waals surface area contributed by atoms with E-state index in [2.05, 4.69) is 17.3 Å². The van der Waals surface area contributed by atoms with Crippen molar-refractivity contribution in [1.29, 1.82) is 0 Å². The number of nitrogens with zero attached hydrogens (tertiary/aromatic N) is 1. The average molecular weight is 248 g/mol. The number of sulfone groups is 1. The molecule has 0 amide bonds. The molecule has 4 nitrogen and oxygen atoms in total. The van der Waals surface area contributed by atoms with E-state index in [1.807, 2.05) is 0 Å². The summed E-state index contributed by atoms with van der Waals surface area (Å²) in [6, 6.07) is 0.641. The third-order valence-corrected chi connectivity index (χ3v) is 5.09. The van der Waals surface area contributed by atoms with Crippen LogP contribution in [0.3, 0.4) is 0 Å². The summed E-state index contributed by atoms with van der Waals surface area (Å²) in [5.74, 6) is 0.579. The number of hydrogen-bond acceptors (Lipinski definition) is 4. The zero-order valence-electron chi connectivity index (χ0n) is 10.4. The SMILES string of the molecule is CCS(=O)(=O)CCCNCC1CCCN1C. The van der Waals surface area contributed by atoms with E-state index in [1.165, 1.54) is 19.4 Å². The van der Waals surface area contributed by atoms with Crippen LogP contribution in [0, 0.1) is 0 Å². The molecule has 0 aromatic rings. The zero-order valence-corrected chi connectivity index (χ0v) is 11.2. The highest BCUT2D eigenvalue weighted by Crippen LogP contribution is 2.13. The second-order valence-electron chi connectivity index (χ2n) is 4.57. The van der Waals surface area contributed by atoms with Crippen LogP contribution in [0.1, 0.15) is 26.2 Å². The van der Waals surface area contributed by atoms with Gasteiger partial charge < -0.3 is 10.2 Å². The van der Waals surface area contributed by atoms with Gasteiger partial charge in [0.05, 0.1) is 5.75 Å². The summed E-state index contributed by atoms with van der Waals surface area (Å²) < 4.78 is 22.5. The van der Waals surface area contributed by atoms with Crippen LogP contribution < -0.4 is 5.32 Å². The van der Waals surface area contributed by atoms with Gasteiger partial charge in [-0.05, 0) is 39.4 Å². The van der Waals surface area contributed by atoms with Gasteiger partial charge in [0, 0.05) is 18.3 Å². The predicted molar refractivity (Wildman–Crippen MR) is 67.5 cm³/mol. The molecular formula is C11H24N2O2S. The van der Waals surface area contributed by atoms with Crippen LogP contribution >= 0.6 is 0 Å². The maximum Gasteiger partial charge on any atom is 0.150 e. The Kier molecular flexibility index (Phi) is 5.72. The lowest BCUT2D eigenvalue weighted by Gasteiger charge is -2.19. The Morgan fingerprint density at radius 2 is 2.19 bits per heavy atom. The van der Waals surface area contributed by atoms with Gasteiger partial charge in [-0.25, -0.2) is 8.42 Å². The fourth-order valence-corrected chi connectivity index (χ4v) is 2.94. The summed E-state index contributed by atoms with van der Waals surface area (Å²) in [7, 11) is -0.627. The summed E-state index contributed by atoms with van der Waals surface area (Å²) in [5.41, 5.74) is 0. The lowest BCUT2D eigenvalue weighted by molar-refractivity contribution is 0.301. The maximum absolute atomic E-state index is 11.2. The van der Waals surface area contributed by atoms with Gasteiger partial charge in [0.2, 0.25) is 0 Å². The van der Waals surface area contributed by atoms with Crippen molar-refractivity contribution >= 4 is 9.84 Å². The highest BCUT2D eigenvalue weighted by molar-refractivity contribution is 7.91.